The van der Waals surface area contributed by atoms with E-state index in [0.29, 0.717) is 24.4 Å². The molecule has 0 aliphatic rings. The van der Waals surface area contributed by atoms with Crippen molar-refractivity contribution in [1.82, 2.24) is 9.29 Å². The Morgan fingerprint density at radius 3 is 2.42 bits per heavy atom. The van der Waals surface area contributed by atoms with E-state index in [1.54, 1.807) is 34.9 Å². The van der Waals surface area contributed by atoms with Crippen LogP contribution < -0.4 is 0 Å². The van der Waals surface area contributed by atoms with E-state index >= 15 is 0 Å². The lowest BCUT2D eigenvalue weighted by molar-refractivity contribution is 0.279. The fraction of sp³-hybridized carbons (Fsp3) is 0.550. The molecule has 2 rings (SSSR count). The van der Waals surface area contributed by atoms with Gasteiger partial charge in [-0.25, -0.2) is 8.42 Å². The molecule has 0 spiro atoms. The van der Waals surface area contributed by atoms with E-state index in [1.165, 1.54) is 0 Å². The van der Waals surface area contributed by atoms with Gasteiger partial charge in [-0.2, -0.15) is 4.31 Å². The molecule has 1 heterocycles. The second-order valence-electron chi connectivity index (χ2n) is 6.60. The van der Waals surface area contributed by atoms with Crippen LogP contribution in [0.25, 0.3) is 10.8 Å². The molecule has 1 aromatic heterocycles. The van der Waals surface area contributed by atoms with Crippen molar-refractivity contribution in [3.8, 4) is 0 Å². The number of aliphatic hydroxyl groups excluding tert-OH is 1. The van der Waals surface area contributed by atoms with Crippen LogP contribution in [0, 0.1) is 0 Å². The van der Waals surface area contributed by atoms with Gasteiger partial charge in [0, 0.05) is 42.9 Å². The van der Waals surface area contributed by atoms with Crippen molar-refractivity contribution in [2.45, 2.75) is 56.8 Å². The predicted molar refractivity (Wildman–Crippen MR) is 106 cm³/mol. The average molecular weight is 379 g/mol. The molecule has 0 saturated heterocycles. The van der Waals surface area contributed by atoms with Crippen molar-refractivity contribution in [1.29, 1.82) is 0 Å². The molecule has 0 aliphatic heterocycles. The smallest absolute Gasteiger partial charge is 0.243 e. The maximum Gasteiger partial charge on any atom is 0.243 e. The maximum absolute atomic E-state index is 13.3. The van der Waals surface area contributed by atoms with Crippen molar-refractivity contribution in [2.24, 2.45) is 0 Å². The topological polar surface area (TPSA) is 70.5 Å². The molecule has 0 fully saturated rings. The van der Waals surface area contributed by atoms with Gasteiger partial charge in [-0.1, -0.05) is 38.3 Å². The monoisotopic (exact) mass is 378 g/mol. The van der Waals surface area contributed by atoms with E-state index in [0.717, 1.165) is 49.3 Å². The molecule has 1 aromatic carbocycles. The maximum atomic E-state index is 13.3. The van der Waals surface area contributed by atoms with Gasteiger partial charge in [0.05, 0.1) is 4.90 Å². The standard InChI is InChI=1S/C20H30N2O3S/c1-2-3-4-6-14-22(15-7-5-8-16-23)26(24,25)20-11-9-10-18-17-21-13-12-19(18)20/h9-13,17,23H,2-8,14-16H2,1H3. The lowest BCUT2D eigenvalue weighted by Gasteiger charge is -2.23. The second-order valence-corrected chi connectivity index (χ2v) is 8.51. The SMILES string of the molecule is CCCCCCN(CCCCCO)S(=O)(=O)c1cccc2cnccc12. The molecule has 0 radical (unpaired) electrons. The van der Waals surface area contributed by atoms with E-state index in [2.05, 4.69) is 11.9 Å². The first-order chi connectivity index (χ1) is 12.6. The van der Waals surface area contributed by atoms with Gasteiger partial charge in [0.2, 0.25) is 10.0 Å². The third-order valence-corrected chi connectivity index (χ3v) is 6.54. The molecule has 0 aliphatic carbocycles. The van der Waals surface area contributed by atoms with Crippen molar-refractivity contribution < 1.29 is 13.5 Å². The number of hydrogen-bond acceptors (Lipinski definition) is 4. The fourth-order valence-electron chi connectivity index (χ4n) is 3.10. The molecule has 0 amide bonds. The van der Waals surface area contributed by atoms with Crippen LogP contribution in [0.1, 0.15) is 51.9 Å². The van der Waals surface area contributed by atoms with Crippen molar-refractivity contribution in [3.63, 3.8) is 0 Å². The number of aliphatic hydroxyl groups is 1. The largest absolute Gasteiger partial charge is 0.396 e. The minimum Gasteiger partial charge on any atom is -0.396 e. The van der Waals surface area contributed by atoms with E-state index in [4.69, 9.17) is 5.11 Å². The summed E-state index contributed by atoms with van der Waals surface area (Å²) in [5, 5.41) is 10.5. The third-order valence-electron chi connectivity index (χ3n) is 4.59. The van der Waals surface area contributed by atoms with Gasteiger partial charge in [-0.05, 0) is 37.8 Å². The van der Waals surface area contributed by atoms with Crippen molar-refractivity contribution >= 4 is 20.8 Å². The van der Waals surface area contributed by atoms with Crippen LogP contribution in [-0.4, -0.2) is 42.5 Å². The molecule has 26 heavy (non-hydrogen) atoms. The number of rotatable bonds is 12. The minimum absolute atomic E-state index is 0.152. The highest BCUT2D eigenvalue weighted by atomic mass is 32.2. The Labute approximate surface area is 157 Å². The summed E-state index contributed by atoms with van der Waals surface area (Å²) < 4.78 is 28.3. The molecule has 0 unspecified atom stereocenters. The van der Waals surface area contributed by atoms with Crippen molar-refractivity contribution in [2.75, 3.05) is 19.7 Å². The highest BCUT2D eigenvalue weighted by Gasteiger charge is 2.25. The zero-order valence-corrected chi connectivity index (χ0v) is 16.4. The number of aromatic nitrogens is 1. The van der Waals surface area contributed by atoms with Crippen LogP contribution in [0.5, 0.6) is 0 Å². The first kappa shape index (κ1) is 20.8. The molecule has 5 nitrogen and oxygen atoms in total. The van der Waals surface area contributed by atoms with Gasteiger partial charge in [-0.3, -0.25) is 4.98 Å². The summed E-state index contributed by atoms with van der Waals surface area (Å²) in [5.41, 5.74) is 0. The summed E-state index contributed by atoms with van der Waals surface area (Å²) in [6.45, 7) is 3.34. The Hall–Kier alpha value is -1.50. The van der Waals surface area contributed by atoms with E-state index in [-0.39, 0.29) is 6.61 Å². The van der Waals surface area contributed by atoms with Crippen LogP contribution in [0.3, 0.4) is 0 Å². The normalized spacial score (nSPS) is 12.1. The zero-order valence-electron chi connectivity index (χ0n) is 15.6. The van der Waals surface area contributed by atoms with Crippen molar-refractivity contribution in [3.05, 3.63) is 36.7 Å². The summed E-state index contributed by atoms with van der Waals surface area (Å²) in [6, 6.07) is 7.11. The van der Waals surface area contributed by atoms with Gasteiger partial charge in [0.25, 0.3) is 0 Å². The van der Waals surface area contributed by atoms with Crippen LogP contribution in [0.4, 0.5) is 0 Å². The van der Waals surface area contributed by atoms with E-state index in [9.17, 15) is 8.42 Å². The summed E-state index contributed by atoms with van der Waals surface area (Å²) >= 11 is 0. The predicted octanol–water partition coefficient (Wildman–Crippen LogP) is 3.97. The Bertz CT molecular complexity index is 760. The number of unbranched alkanes of at least 4 members (excludes halogenated alkanes) is 5. The van der Waals surface area contributed by atoms with Crippen LogP contribution in [0.2, 0.25) is 0 Å². The fourth-order valence-corrected chi connectivity index (χ4v) is 4.83. The van der Waals surface area contributed by atoms with Gasteiger partial charge < -0.3 is 5.11 Å². The summed E-state index contributed by atoms with van der Waals surface area (Å²) in [6.07, 6.45) is 9.80. The van der Waals surface area contributed by atoms with Crippen LogP contribution in [0.15, 0.2) is 41.6 Å². The molecular weight excluding hydrogens is 348 g/mol. The second kappa shape index (κ2) is 10.6. The number of nitrogens with zero attached hydrogens (tertiary/aromatic N) is 2. The molecule has 2 aromatic rings. The average Bonchev–Trinajstić information content (AvgIpc) is 2.66. The number of pyridine rings is 1. The number of benzene rings is 1. The third kappa shape index (κ3) is 5.50. The Kier molecular flexibility index (Phi) is 8.48. The molecule has 144 valence electrons. The highest BCUT2D eigenvalue weighted by molar-refractivity contribution is 7.89. The molecule has 6 heteroatoms. The summed E-state index contributed by atoms with van der Waals surface area (Å²) in [5.74, 6) is 0. The van der Waals surface area contributed by atoms with Gasteiger partial charge >= 0.3 is 0 Å². The van der Waals surface area contributed by atoms with Gasteiger partial charge in [0.1, 0.15) is 0 Å². The van der Waals surface area contributed by atoms with Crippen LogP contribution in [-0.2, 0) is 10.0 Å². The summed E-state index contributed by atoms with van der Waals surface area (Å²) in [7, 11) is -3.56. The number of sulfonamides is 1. The van der Waals surface area contributed by atoms with Gasteiger partial charge in [-0.15, -0.1) is 0 Å². The lowest BCUT2D eigenvalue weighted by Crippen LogP contribution is -2.33. The van der Waals surface area contributed by atoms with E-state index < -0.39 is 10.0 Å². The number of fused-ring (bicyclic) bond motifs is 1. The zero-order chi connectivity index (χ0) is 18.8. The highest BCUT2D eigenvalue weighted by Crippen LogP contribution is 2.26. The Morgan fingerprint density at radius 1 is 1.00 bits per heavy atom. The molecule has 0 saturated carbocycles. The quantitative estimate of drug-likeness (QED) is 0.567. The Morgan fingerprint density at radius 2 is 1.73 bits per heavy atom. The van der Waals surface area contributed by atoms with Gasteiger partial charge in [0.15, 0.2) is 0 Å². The molecular formula is C20H30N2O3S. The molecule has 0 bridgehead atoms. The minimum atomic E-state index is -3.56. The van der Waals surface area contributed by atoms with Crippen LogP contribution >= 0.6 is 0 Å². The first-order valence-electron chi connectivity index (χ1n) is 9.55. The molecule has 1 N–H and O–H groups in total. The lowest BCUT2D eigenvalue weighted by atomic mass is 10.2. The molecule has 0 atom stereocenters. The first-order valence-corrected chi connectivity index (χ1v) is 11.0. The van der Waals surface area contributed by atoms with E-state index in [1.807, 2.05) is 6.07 Å². The Balaban J connectivity index is 2.24. The summed E-state index contributed by atoms with van der Waals surface area (Å²) in [4.78, 5) is 4.45. The number of hydrogen-bond donors (Lipinski definition) is 1.